The monoisotopic (exact) mass is 1190 g/mol. The standard InChI is InChI=1S/C74H130N12/c1-6-24-63(25-7-1)56-79-44-17-37-75-39-19-46-81-58-66-30-16-31-67(52-66)59-82-47-22-42-78-51-36-73(86-62-65-28-10-3-11-29-65)74(71-34-14-5-15-35-71)85-50-23-43-77-41-21-49-84-61-69-53-68(54-72(55-69)70-32-12-4-13-33-70)60-83-48-20-40-76-38-18-45-80-57-64-26-8-2-9-27-64/h4,12-13,16,30-33,52-55,63-65,71,73-86H,1-3,5-11,14-15,17-29,34-51,56-62H2. The highest BCUT2D eigenvalue weighted by Crippen LogP contribution is 2.30. The number of nitrogens with one attached hydrogen (secondary N) is 12. The molecule has 0 aliphatic heterocycles. The summed E-state index contributed by atoms with van der Waals surface area (Å²) in [7, 11) is 0. The van der Waals surface area contributed by atoms with Crippen molar-refractivity contribution in [1.29, 1.82) is 0 Å². The van der Waals surface area contributed by atoms with Gasteiger partial charge in [0.25, 0.3) is 0 Å². The fourth-order valence-corrected chi connectivity index (χ4v) is 14.5. The van der Waals surface area contributed by atoms with Gasteiger partial charge < -0.3 is 63.8 Å². The third kappa shape index (κ3) is 31.8. The van der Waals surface area contributed by atoms with Crippen LogP contribution >= 0.6 is 0 Å². The summed E-state index contributed by atoms with van der Waals surface area (Å²) in [5.41, 5.74) is 8.11. The van der Waals surface area contributed by atoms with Crippen molar-refractivity contribution in [3.8, 4) is 11.1 Å². The Labute approximate surface area is 527 Å². The highest BCUT2D eigenvalue weighted by molar-refractivity contribution is 5.65. The zero-order chi connectivity index (χ0) is 59.3. The first-order chi connectivity index (χ1) is 42.7. The Morgan fingerprint density at radius 2 is 0.663 bits per heavy atom. The molecule has 0 saturated heterocycles. The van der Waals surface area contributed by atoms with Crippen LogP contribution in [-0.2, 0) is 26.2 Å². The molecule has 486 valence electrons. The molecule has 2 atom stereocenters. The lowest BCUT2D eigenvalue weighted by Crippen LogP contribution is -2.54. The average Bonchev–Trinajstić information content (AvgIpc) is 3.61. The van der Waals surface area contributed by atoms with E-state index in [2.05, 4.69) is 137 Å². The molecule has 0 aromatic heterocycles. The maximum Gasteiger partial charge on any atom is 0.0249 e. The molecule has 4 saturated carbocycles. The minimum atomic E-state index is 0.516. The fraction of sp³-hybridized carbons (Fsp3) is 0.757. The predicted octanol–water partition coefficient (Wildman–Crippen LogP) is 11.3. The van der Waals surface area contributed by atoms with E-state index in [0.29, 0.717) is 12.1 Å². The summed E-state index contributed by atoms with van der Waals surface area (Å²) in [5, 5.41) is 45.8. The molecule has 12 nitrogen and oxygen atoms in total. The van der Waals surface area contributed by atoms with E-state index in [-0.39, 0.29) is 0 Å². The molecule has 4 aliphatic carbocycles. The minimum absolute atomic E-state index is 0.516. The van der Waals surface area contributed by atoms with Crippen LogP contribution in [0.25, 0.3) is 11.1 Å². The molecule has 0 bridgehead atoms. The van der Waals surface area contributed by atoms with Gasteiger partial charge in [-0.3, -0.25) is 0 Å². The fourth-order valence-electron chi connectivity index (χ4n) is 14.5. The Morgan fingerprint density at radius 3 is 1.13 bits per heavy atom. The van der Waals surface area contributed by atoms with Crippen LogP contribution in [0.15, 0.2) is 72.8 Å². The first-order valence-electron chi connectivity index (χ1n) is 36.5. The van der Waals surface area contributed by atoms with Crippen LogP contribution in [-0.4, -0.2) is 130 Å². The van der Waals surface area contributed by atoms with Gasteiger partial charge in [-0.1, -0.05) is 138 Å². The molecule has 0 amide bonds. The van der Waals surface area contributed by atoms with Crippen molar-refractivity contribution in [1.82, 2.24) is 63.8 Å². The van der Waals surface area contributed by atoms with Gasteiger partial charge in [-0.15, -0.1) is 0 Å². The second-order valence-corrected chi connectivity index (χ2v) is 27.0. The Morgan fingerprint density at radius 1 is 0.291 bits per heavy atom. The van der Waals surface area contributed by atoms with Gasteiger partial charge in [0.1, 0.15) is 0 Å². The molecule has 0 spiro atoms. The van der Waals surface area contributed by atoms with Crippen molar-refractivity contribution in [2.45, 2.75) is 218 Å². The summed E-state index contributed by atoms with van der Waals surface area (Å²) < 4.78 is 0. The van der Waals surface area contributed by atoms with Crippen LogP contribution in [0, 0.1) is 23.7 Å². The van der Waals surface area contributed by atoms with Crippen molar-refractivity contribution in [3.63, 3.8) is 0 Å². The Balaban J connectivity index is 0.729. The summed E-state index contributed by atoms with van der Waals surface area (Å²) in [4.78, 5) is 0. The van der Waals surface area contributed by atoms with Crippen LogP contribution in [0.2, 0.25) is 0 Å². The molecular formula is C74H130N12. The molecule has 0 heterocycles. The van der Waals surface area contributed by atoms with Crippen molar-refractivity contribution in [2.24, 2.45) is 23.7 Å². The van der Waals surface area contributed by atoms with Crippen LogP contribution in [0.5, 0.6) is 0 Å². The van der Waals surface area contributed by atoms with E-state index in [4.69, 9.17) is 0 Å². The number of hydrogen-bond donors (Lipinski definition) is 12. The van der Waals surface area contributed by atoms with Crippen LogP contribution in [0.4, 0.5) is 0 Å². The normalized spacial score (nSPS) is 17.6. The third-order valence-corrected chi connectivity index (χ3v) is 19.6. The zero-order valence-corrected chi connectivity index (χ0v) is 54.7. The van der Waals surface area contributed by atoms with E-state index in [1.807, 2.05) is 0 Å². The summed E-state index contributed by atoms with van der Waals surface area (Å²) in [6.07, 6.45) is 37.8. The van der Waals surface area contributed by atoms with E-state index in [9.17, 15) is 0 Å². The van der Waals surface area contributed by atoms with Crippen molar-refractivity contribution in [2.75, 3.05) is 118 Å². The van der Waals surface area contributed by atoms with Crippen LogP contribution in [0.1, 0.15) is 202 Å². The number of hydrogen-bond acceptors (Lipinski definition) is 12. The van der Waals surface area contributed by atoms with Crippen molar-refractivity contribution < 1.29 is 0 Å². The Bertz CT molecular complexity index is 2050. The molecular weight excluding hydrogens is 1060 g/mol. The Kier molecular flexibility index (Phi) is 38.7. The minimum Gasteiger partial charge on any atom is -0.317 e. The number of rotatable bonds is 50. The molecule has 12 heteroatoms. The van der Waals surface area contributed by atoms with Gasteiger partial charge in [-0.05, 0) is 290 Å². The molecule has 3 aromatic rings. The van der Waals surface area contributed by atoms with Gasteiger partial charge in [0.15, 0.2) is 0 Å². The second kappa shape index (κ2) is 47.1. The van der Waals surface area contributed by atoms with Gasteiger partial charge in [0.2, 0.25) is 0 Å². The lowest BCUT2D eigenvalue weighted by atomic mass is 9.79. The summed E-state index contributed by atoms with van der Waals surface area (Å²) in [6.45, 7) is 23.5. The lowest BCUT2D eigenvalue weighted by Gasteiger charge is -2.38. The predicted molar refractivity (Wildman–Crippen MR) is 369 cm³/mol. The maximum absolute atomic E-state index is 4.24. The summed E-state index contributed by atoms with van der Waals surface area (Å²) >= 11 is 0. The summed E-state index contributed by atoms with van der Waals surface area (Å²) in [5.74, 6) is 3.47. The Hall–Kier alpha value is -2.82. The smallest absolute Gasteiger partial charge is 0.0249 e. The van der Waals surface area contributed by atoms with Crippen molar-refractivity contribution >= 4 is 0 Å². The third-order valence-electron chi connectivity index (χ3n) is 19.6. The number of benzene rings is 3. The maximum atomic E-state index is 4.24. The van der Waals surface area contributed by atoms with Gasteiger partial charge >= 0.3 is 0 Å². The SMILES string of the molecule is c1ccc(-c2cc(CNCCCNCCCNCC3CCCCC3)cc(CNCCCNCCCNC(C3CCCCC3)C(CCNCCCNCc3cccc(CNCCCNCCCNCC4CCCCC4)c3)NCC3CCCCC3)c2)cc1. The van der Waals surface area contributed by atoms with Crippen molar-refractivity contribution in [3.05, 3.63) is 95.1 Å². The molecule has 4 aliphatic rings. The van der Waals surface area contributed by atoms with E-state index >= 15 is 0 Å². The van der Waals surface area contributed by atoms with E-state index < -0.39 is 0 Å². The lowest BCUT2D eigenvalue weighted by molar-refractivity contribution is 0.203. The molecule has 4 fully saturated rings. The average molecular weight is 1190 g/mol. The van der Waals surface area contributed by atoms with Gasteiger partial charge in [-0.25, -0.2) is 0 Å². The van der Waals surface area contributed by atoms with E-state index in [1.165, 1.54) is 214 Å². The molecule has 7 rings (SSSR count). The topological polar surface area (TPSA) is 144 Å². The van der Waals surface area contributed by atoms with Crippen LogP contribution < -0.4 is 63.8 Å². The zero-order valence-electron chi connectivity index (χ0n) is 54.7. The molecule has 3 aromatic carbocycles. The second-order valence-electron chi connectivity index (χ2n) is 27.0. The van der Waals surface area contributed by atoms with Gasteiger partial charge in [0.05, 0.1) is 0 Å². The van der Waals surface area contributed by atoms with E-state index in [0.717, 1.165) is 167 Å². The highest BCUT2D eigenvalue weighted by atomic mass is 15.0. The molecule has 0 radical (unpaired) electrons. The molecule has 86 heavy (non-hydrogen) atoms. The summed E-state index contributed by atoms with van der Waals surface area (Å²) in [6, 6.07) is 28.3. The molecule has 12 N–H and O–H groups in total. The van der Waals surface area contributed by atoms with E-state index in [1.54, 1.807) is 0 Å². The first-order valence-corrected chi connectivity index (χ1v) is 36.5. The van der Waals surface area contributed by atoms with Crippen LogP contribution in [0.3, 0.4) is 0 Å². The quantitative estimate of drug-likeness (QED) is 0.0245. The van der Waals surface area contributed by atoms with Gasteiger partial charge in [0, 0.05) is 38.3 Å². The largest absolute Gasteiger partial charge is 0.317 e. The first kappa shape index (κ1) is 70.6. The van der Waals surface area contributed by atoms with Gasteiger partial charge in [-0.2, -0.15) is 0 Å². The highest BCUT2D eigenvalue weighted by Gasteiger charge is 2.30. The molecule has 2 unspecified atom stereocenters.